The van der Waals surface area contributed by atoms with Crippen LogP contribution in [0.3, 0.4) is 0 Å². The van der Waals surface area contributed by atoms with Crippen LogP contribution in [0.1, 0.15) is 26.7 Å². The maximum Gasteiger partial charge on any atom is 0.416 e. The van der Waals surface area contributed by atoms with Gasteiger partial charge in [0.1, 0.15) is 5.76 Å². The van der Waals surface area contributed by atoms with Crippen molar-refractivity contribution in [2.75, 3.05) is 0 Å². The number of hydrogen-bond acceptors (Lipinski definition) is 4. The molecule has 0 fully saturated rings. The first-order valence-electron chi connectivity index (χ1n) is 7.26. The first kappa shape index (κ1) is 17.3. The van der Waals surface area contributed by atoms with Crippen LogP contribution in [0, 0.1) is 0 Å². The van der Waals surface area contributed by atoms with E-state index >= 15 is 0 Å². The molecule has 2 N–H and O–H groups in total. The number of benzene rings is 1. The highest BCUT2D eigenvalue weighted by Crippen LogP contribution is 2.32. The predicted octanol–water partition coefficient (Wildman–Crippen LogP) is 3.63. The Hall–Kier alpha value is -3.49. The molecule has 3 rings (SSSR count). The first-order valence-corrected chi connectivity index (χ1v) is 7.26. The standard InChI is InChI=1S/C17H11F3N2O4/c18-17(19,20)11-4-1-3-10(9-11)12-6-7-14(26-12)16(24)22-21-15(23)13-5-2-8-25-13/h1-9H,(H,21,23)(H,22,24). The lowest BCUT2D eigenvalue weighted by molar-refractivity contribution is -0.137. The van der Waals surface area contributed by atoms with Crippen molar-refractivity contribution in [2.45, 2.75) is 6.18 Å². The van der Waals surface area contributed by atoms with E-state index in [9.17, 15) is 22.8 Å². The number of nitrogens with one attached hydrogen (secondary N) is 2. The molecule has 0 aliphatic carbocycles. The molecule has 2 heterocycles. The molecule has 0 unspecified atom stereocenters. The molecule has 2 aromatic heterocycles. The monoisotopic (exact) mass is 364 g/mol. The zero-order chi connectivity index (χ0) is 18.7. The van der Waals surface area contributed by atoms with E-state index in [-0.39, 0.29) is 22.8 Å². The Morgan fingerprint density at radius 2 is 1.62 bits per heavy atom. The van der Waals surface area contributed by atoms with E-state index in [4.69, 9.17) is 8.83 Å². The van der Waals surface area contributed by atoms with Crippen LogP contribution in [0.15, 0.2) is 63.6 Å². The minimum Gasteiger partial charge on any atom is -0.459 e. The third-order valence-corrected chi connectivity index (χ3v) is 3.34. The fourth-order valence-corrected chi connectivity index (χ4v) is 2.11. The minimum absolute atomic E-state index is 0.00519. The van der Waals surface area contributed by atoms with Gasteiger partial charge in [-0.1, -0.05) is 12.1 Å². The van der Waals surface area contributed by atoms with Crippen molar-refractivity contribution in [1.29, 1.82) is 0 Å². The van der Waals surface area contributed by atoms with Gasteiger partial charge in [0.25, 0.3) is 0 Å². The maximum atomic E-state index is 12.8. The molecule has 9 heteroatoms. The molecule has 0 bridgehead atoms. The highest BCUT2D eigenvalue weighted by atomic mass is 19.4. The van der Waals surface area contributed by atoms with Crippen molar-refractivity contribution >= 4 is 11.8 Å². The van der Waals surface area contributed by atoms with Gasteiger partial charge in [-0.15, -0.1) is 0 Å². The summed E-state index contributed by atoms with van der Waals surface area (Å²) in [5, 5.41) is 0. The first-order chi connectivity index (χ1) is 12.3. The molecule has 0 aliphatic heterocycles. The topological polar surface area (TPSA) is 84.5 Å². The van der Waals surface area contributed by atoms with Gasteiger partial charge in [-0.25, -0.2) is 0 Å². The number of rotatable bonds is 3. The smallest absolute Gasteiger partial charge is 0.416 e. The molecule has 0 aliphatic rings. The van der Waals surface area contributed by atoms with Gasteiger partial charge in [0.2, 0.25) is 0 Å². The van der Waals surface area contributed by atoms with Gasteiger partial charge in [0.05, 0.1) is 11.8 Å². The average Bonchev–Trinajstić information content (AvgIpc) is 3.30. The summed E-state index contributed by atoms with van der Waals surface area (Å²) in [6.45, 7) is 0. The van der Waals surface area contributed by atoms with Crippen molar-refractivity contribution in [2.24, 2.45) is 0 Å². The predicted molar refractivity (Wildman–Crippen MR) is 82.8 cm³/mol. The quantitative estimate of drug-likeness (QED) is 0.695. The molecule has 134 valence electrons. The summed E-state index contributed by atoms with van der Waals surface area (Å²) < 4.78 is 48.4. The number of carbonyl (C=O) groups is 2. The Balaban J connectivity index is 1.69. The highest BCUT2D eigenvalue weighted by Gasteiger charge is 2.30. The van der Waals surface area contributed by atoms with Crippen molar-refractivity contribution in [3.63, 3.8) is 0 Å². The molecule has 2 amide bonds. The molecular weight excluding hydrogens is 353 g/mol. The summed E-state index contributed by atoms with van der Waals surface area (Å²) in [7, 11) is 0. The summed E-state index contributed by atoms with van der Waals surface area (Å²) in [6.07, 6.45) is -3.19. The van der Waals surface area contributed by atoms with Gasteiger partial charge in [-0.05, 0) is 36.4 Å². The van der Waals surface area contributed by atoms with Gasteiger partial charge in [0.15, 0.2) is 11.5 Å². The number of furan rings is 2. The second kappa shape index (κ2) is 6.79. The third kappa shape index (κ3) is 3.77. The van der Waals surface area contributed by atoms with Crippen LogP contribution in [0.4, 0.5) is 13.2 Å². The lowest BCUT2D eigenvalue weighted by atomic mass is 10.1. The lowest BCUT2D eigenvalue weighted by Crippen LogP contribution is -2.41. The average molecular weight is 364 g/mol. The summed E-state index contributed by atoms with van der Waals surface area (Å²) in [5.74, 6) is -1.55. The largest absolute Gasteiger partial charge is 0.459 e. The van der Waals surface area contributed by atoms with Gasteiger partial charge >= 0.3 is 18.0 Å². The number of amides is 2. The summed E-state index contributed by atoms with van der Waals surface area (Å²) in [6, 6.07) is 10.1. The van der Waals surface area contributed by atoms with Crippen LogP contribution in [-0.4, -0.2) is 11.8 Å². The summed E-state index contributed by atoms with van der Waals surface area (Å²) in [4.78, 5) is 23.6. The molecule has 26 heavy (non-hydrogen) atoms. The Kier molecular flexibility index (Phi) is 4.53. The molecule has 6 nitrogen and oxygen atoms in total. The maximum absolute atomic E-state index is 12.8. The van der Waals surface area contributed by atoms with Crippen LogP contribution < -0.4 is 10.9 Å². The number of halogens is 3. The Labute approximate surface area is 144 Å². The number of alkyl halides is 3. The molecule has 1 aromatic carbocycles. The third-order valence-electron chi connectivity index (χ3n) is 3.34. The van der Waals surface area contributed by atoms with Crippen molar-refractivity contribution in [3.8, 4) is 11.3 Å². The SMILES string of the molecule is O=C(NNC(=O)c1ccc(-c2cccc(C(F)(F)F)c2)o1)c1ccco1. The number of carbonyl (C=O) groups excluding carboxylic acids is 2. The van der Waals surface area contributed by atoms with Crippen molar-refractivity contribution < 1.29 is 31.6 Å². The fraction of sp³-hybridized carbons (Fsp3) is 0.0588. The molecule has 0 spiro atoms. The number of hydrazine groups is 1. The second-order valence-corrected chi connectivity index (χ2v) is 5.13. The van der Waals surface area contributed by atoms with E-state index in [1.165, 1.54) is 42.7 Å². The van der Waals surface area contributed by atoms with Crippen LogP contribution in [0.2, 0.25) is 0 Å². The Morgan fingerprint density at radius 1 is 0.885 bits per heavy atom. The molecular formula is C17H11F3N2O4. The number of hydrogen-bond donors (Lipinski definition) is 2. The summed E-state index contributed by atoms with van der Waals surface area (Å²) in [5.41, 5.74) is 3.57. The molecule has 0 radical (unpaired) electrons. The van der Waals surface area contributed by atoms with Gasteiger partial charge in [0, 0.05) is 5.56 Å². The zero-order valence-corrected chi connectivity index (χ0v) is 13.0. The van der Waals surface area contributed by atoms with E-state index in [1.54, 1.807) is 0 Å². The van der Waals surface area contributed by atoms with E-state index in [1.807, 2.05) is 0 Å². The van der Waals surface area contributed by atoms with Gasteiger partial charge in [-0.2, -0.15) is 13.2 Å². The van der Waals surface area contributed by atoms with Crippen LogP contribution in [0.5, 0.6) is 0 Å². The van der Waals surface area contributed by atoms with E-state index in [0.717, 1.165) is 12.1 Å². The Morgan fingerprint density at radius 3 is 2.27 bits per heavy atom. The Bertz CT molecular complexity index is 930. The summed E-state index contributed by atoms with van der Waals surface area (Å²) >= 11 is 0. The highest BCUT2D eigenvalue weighted by molar-refractivity contribution is 5.96. The van der Waals surface area contributed by atoms with Crippen molar-refractivity contribution in [3.05, 3.63) is 71.9 Å². The lowest BCUT2D eigenvalue weighted by Gasteiger charge is -2.07. The molecule has 0 atom stereocenters. The normalized spacial score (nSPS) is 11.2. The van der Waals surface area contributed by atoms with Gasteiger partial charge < -0.3 is 8.83 Å². The van der Waals surface area contributed by atoms with Gasteiger partial charge in [-0.3, -0.25) is 20.4 Å². The van der Waals surface area contributed by atoms with E-state index in [2.05, 4.69) is 10.9 Å². The van der Waals surface area contributed by atoms with Crippen LogP contribution in [0.25, 0.3) is 11.3 Å². The molecule has 3 aromatic rings. The molecule has 0 saturated carbocycles. The minimum atomic E-state index is -4.49. The van der Waals surface area contributed by atoms with E-state index < -0.39 is 23.6 Å². The van der Waals surface area contributed by atoms with Crippen molar-refractivity contribution in [1.82, 2.24) is 10.9 Å². The van der Waals surface area contributed by atoms with Crippen LogP contribution in [-0.2, 0) is 6.18 Å². The molecule has 0 saturated heterocycles. The second-order valence-electron chi connectivity index (χ2n) is 5.13. The van der Waals surface area contributed by atoms with E-state index in [0.29, 0.717) is 0 Å². The van der Waals surface area contributed by atoms with Crippen LogP contribution >= 0.6 is 0 Å². The zero-order valence-electron chi connectivity index (χ0n) is 13.0. The fourth-order valence-electron chi connectivity index (χ4n) is 2.11.